The molecule has 2 aliphatic carbocycles. The van der Waals surface area contributed by atoms with Crippen molar-refractivity contribution >= 4 is 5.78 Å². The van der Waals surface area contributed by atoms with E-state index in [1.165, 1.54) is 24.0 Å². The van der Waals surface area contributed by atoms with Gasteiger partial charge in [0.05, 0.1) is 6.33 Å². The Bertz CT molecular complexity index is 445. The van der Waals surface area contributed by atoms with E-state index in [1.54, 1.807) is 6.33 Å². The van der Waals surface area contributed by atoms with Crippen LogP contribution in [-0.4, -0.2) is 15.8 Å². The van der Waals surface area contributed by atoms with Gasteiger partial charge in [-0.3, -0.25) is 4.79 Å². The SMILES string of the molecule is O=C1C2=C(CCCC2)CCC1Cc1cnc[nH]1. The molecule has 90 valence electrons. The number of aromatic nitrogens is 2. The average Bonchev–Trinajstić information content (AvgIpc) is 2.86. The molecule has 0 aromatic carbocycles. The lowest BCUT2D eigenvalue weighted by Gasteiger charge is -2.28. The number of H-pyrrole nitrogens is 1. The van der Waals surface area contributed by atoms with Crippen molar-refractivity contribution in [2.45, 2.75) is 44.9 Å². The summed E-state index contributed by atoms with van der Waals surface area (Å²) in [4.78, 5) is 19.5. The van der Waals surface area contributed by atoms with Crippen molar-refractivity contribution in [1.82, 2.24) is 9.97 Å². The number of ketones is 1. The molecule has 1 unspecified atom stereocenters. The van der Waals surface area contributed by atoms with Gasteiger partial charge >= 0.3 is 0 Å². The molecule has 1 aromatic heterocycles. The number of hydrogen-bond acceptors (Lipinski definition) is 2. The van der Waals surface area contributed by atoms with Crippen LogP contribution in [0.1, 0.15) is 44.2 Å². The number of aromatic amines is 1. The van der Waals surface area contributed by atoms with E-state index in [-0.39, 0.29) is 5.92 Å². The number of carbonyl (C=O) groups is 1. The first-order valence-electron chi connectivity index (χ1n) is 6.57. The number of rotatable bonds is 2. The van der Waals surface area contributed by atoms with Crippen LogP contribution in [0.2, 0.25) is 0 Å². The molecule has 0 bridgehead atoms. The van der Waals surface area contributed by atoms with Crippen molar-refractivity contribution in [1.29, 1.82) is 0 Å². The van der Waals surface area contributed by atoms with Crippen molar-refractivity contribution < 1.29 is 4.79 Å². The predicted molar refractivity (Wildman–Crippen MR) is 65.5 cm³/mol. The Morgan fingerprint density at radius 1 is 1.29 bits per heavy atom. The molecule has 3 rings (SSSR count). The van der Waals surface area contributed by atoms with Crippen LogP contribution >= 0.6 is 0 Å². The van der Waals surface area contributed by atoms with Crippen LogP contribution in [0.4, 0.5) is 0 Å². The normalized spacial score (nSPS) is 24.9. The second-order valence-electron chi connectivity index (χ2n) is 5.17. The second kappa shape index (κ2) is 4.47. The average molecular weight is 230 g/mol. The van der Waals surface area contributed by atoms with E-state index in [9.17, 15) is 4.79 Å². The summed E-state index contributed by atoms with van der Waals surface area (Å²) in [7, 11) is 0. The van der Waals surface area contributed by atoms with E-state index in [0.717, 1.165) is 37.8 Å². The molecule has 1 atom stereocenters. The van der Waals surface area contributed by atoms with Gasteiger partial charge in [0.15, 0.2) is 5.78 Å². The van der Waals surface area contributed by atoms with E-state index in [2.05, 4.69) is 9.97 Å². The summed E-state index contributed by atoms with van der Waals surface area (Å²) in [5.74, 6) is 0.604. The molecule has 2 aliphatic rings. The number of Topliss-reactive ketones (excluding diaryl/α,β-unsaturated/α-hetero) is 1. The van der Waals surface area contributed by atoms with E-state index in [0.29, 0.717) is 5.78 Å². The fourth-order valence-corrected chi connectivity index (χ4v) is 3.12. The third-order valence-corrected chi connectivity index (χ3v) is 4.07. The van der Waals surface area contributed by atoms with Gasteiger partial charge in [0.2, 0.25) is 0 Å². The molecule has 0 saturated carbocycles. The van der Waals surface area contributed by atoms with Gasteiger partial charge in [-0.25, -0.2) is 4.98 Å². The van der Waals surface area contributed by atoms with Crippen LogP contribution in [0.15, 0.2) is 23.7 Å². The minimum Gasteiger partial charge on any atom is -0.348 e. The van der Waals surface area contributed by atoms with Gasteiger partial charge in [0, 0.05) is 17.8 Å². The monoisotopic (exact) mass is 230 g/mol. The summed E-state index contributed by atoms with van der Waals surface area (Å²) >= 11 is 0. The largest absolute Gasteiger partial charge is 0.348 e. The molecule has 1 N–H and O–H groups in total. The Balaban J connectivity index is 1.77. The van der Waals surface area contributed by atoms with Crippen molar-refractivity contribution in [3.8, 4) is 0 Å². The number of nitrogens with one attached hydrogen (secondary N) is 1. The summed E-state index contributed by atoms with van der Waals surface area (Å²) in [5, 5.41) is 0. The molecule has 3 nitrogen and oxygen atoms in total. The second-order valence-corrected chi connectivity index (χ2v) is 5.17. The topological polar surface area (TPSA) is 45.8 Å². The summed E-state index contributed by atoms with van der Waals surface area (Å²) in [5.41, 5.74) is 3.72. The molecule has 0 amide bonds. The standard InChI is InChI=1S/C14H18N2O/c17-14-11(7-12-8-15-9-16-12)6-5-10-3-1-2-4-13(10)14/h8-9,11H,1-7H2,(H,15,16). The van der Waals surface area contributed by atoms with E-state index in [1.807, 2.05) is 6.20 Å². The van der Waals surface area contributed by atoms with Crippen LogP contribution in [0.5, 0.6) is 0 Å². The fraction of sp³-hybridized carbons (Fsp3) is 0.571. The van der Waals surface area contributed by atoms with Crippen LogP contribution in [0.25, 0.3) is 0 Å². The third kappa shape index (κ3) is 2.06. The van der Waals surface area contributed by atoms with Gasteiger partial charge < -0.3 is 4.98 Å². The quantitative estimate of drug-likeness (QED) is 0.849. The number of hydrogen-bond donors (Lipinski definition) is 1. The van der Waals surface area contributed by atoms with Gasteiger partial charge in [-0.15, -0.1) is 0 Å². The predicted octanol–water partition coefficient (Wildman–Crippen LogP) is 2.80. The van der Waals surface area contributed by atoms with Crippen LogP contribution in [0.3, 0.4) is 0 Å². The number of nitrogens with zero attached hydrogens (tertiary/aromatic N) is 1. The van der Waals surface area contributed by atoms with E-state index < -0.39 is 0 Å². The molecule has 0 aliphatic heterocycles. The number of allylic oxidation sites excluding steroid dienone is 2. The first-order chi connectivity index (χ1) is 8.34. The molecular formula is C14H18N2O. The zero-order valence-electron chi connectivity index (χ0n) is 10.0. The lowest BCUT2D eigenvalue weighted by Crippen LogP contribution is -2.26. The van der Waals surface area contributed by atoms with Gasteiger partial charge in [-0.05, 0) is 50.5 Å². The van der Waals surface area contributed by atoms with Crippen molar-refractivity contribution in [2.24, 2.45) is 5.92 Å². The highest BCUT2D eigenvalue weighted by molar-refractivity contribution is 5.99. The molecule has 0 radical (unpaired) electrons. The number of carbonyl (C=O) groups excluding carboxylic acids is 1. The van der Waals surface area contributed by atoms with Crippen LogP contribution < -0.4 is 0 Å². The lowest BCUT2D eigenvalue weighted by atomic mass is 9.75. The molecule has 0 saturated heterocycles. The zero-order valence-corrected chi connectivity index (χ0v) is 10.0. The maximum Gasteiger partial charge on any atom is 0.162 e. The highest BCUT2D eigenvalue weighted by Crippen LogP contribution is 2.36. The molecule has 1 aromatic rings. The fourth-order valence-electron chi connectivity index (χ4n) is 3.12. The molecule has 0 spiro atoms. The van der Waals surface area contributed by atoms with Crippen molar-refractivity contribution in [3.05, 3.63) is 29.4 Å². The molecule has 0 fully saturated rings. The van der Waals surface area contributed by atoms with Gasteiger partial charge in [0.25, 0.3) is 0 Å². The molecule has 3 heteroatoms. The van der Waals surface area contributed by atoms with E-state index >= 15 is 0 Å². The summed E-state index contributed by atoms with van der Waals surface area (Å²) in [6, 6.07) is 0. The highest BCUT2D eigenvalue weighted by Gasteiger charge is 2.30. The Morgan fingerprint density at radius 3 is 3.00 bits per heavy atom. The smallest absolute Gasteiger partial charge is 0.162 e. The summed E-state index contributed by atoms with van der Waals surface area (Å²) in [6.07, 6.45) is 11.2. The maximum absolute atomic E-state index is 12.4. The van der Waals surface area contributed by atoms with Gasteiger partial charge in [-0.2, -0.15) is 0 Å². The van der Waals surface area contributed by atoms with Crippen molar-refractivity contribution in [3.63, 3.8) is 0 Å². The van der Waals surface area contributed by atoms with Gasteiger partial charge in [-0.1, -0.05) is 5.57 Å². The summed E-state index contributed by atoms with van der Waals surface area (Å²) in [6.45, 7) is 0. The third-order valence-electron chi connectivity index (χ3n) is 4.07. The Kier molecular flexibility index (Phi) is 2.83. The first kappa shape index (κ1) is 10.8. The minimum absolute atomic E-state index is 0.187. The zero-order chi connectivity index (χ0) is 11.7. The lowest BCUT2D eigenvalue weighted by molar-refractivity contribution is -0.120. The number of imidazole rings is 1. The van der Waals surface area contributed by atoms with Crippen LogP contribution in [0, 0.1) is 5.92 Å². The van der Waals surface area contributed by atoms with E-state index in [4.69, 9.17) is 0 Å². The van der Waals surface area contributed by atoms with Crippen LogP contribution in [-0.2, 0) is 11.2 Å². The first-order valence-corrected chi connectivity index (χ1v) is 6.57. The Morgan fingerprint density at radius 2 is 2.18 bits per heavy atom. The maximum atomic E-state index is 12.4. The Labute approximate surface area is 101 Å². The summed E-state index contributed by atoms with van der Waals surface area (Å²) < 4.78 is 0. The molecular weight excluding hydrogens is 212 g/mol. The van der Waals surface area contributed by atoms with Gasteiger partial charge in [0.1, 0.15) is 0 Å². The molecule has 1 heterocycles. The van der Waals surface area contributed by atoms with Crippen molar-refractivity contribution in [2.75, 3.05) is 0 Å². The Hall–Kier alpha value is -1.38. The minimum atomic E-state index is 0.187. The highest BCUT2D eigenvalue weighted by atomic mass is 16.1. The molecule has 17 heavy (non-hydrogen) atoms.